The van der Waals surface area contributed by atoms with Gasteiger partial charge in [-0.05, 0) is 18.9 Å². The summed E-state index contributed by atoms with van der Waals surface area (Å²) in [6.45, 7) is 3.52. The highest BCUT2D eigenvalue weighted by Crippen LogP contribution is 2.46. The number of allylic oxidation sites excluding steroid dienone is 1. The Morgan fingerprint density at radius 3 is 2.60 bits per heavy atom. The fourth-order valence-corrected chi connectivity index (χ4v) is 2.48. The van der Waals surface area contributed by atoms with E-state index in [0.29, 0.717) is 12.0 Å². The Labute approximate surface area is 115 Å². The number of hydrogen-bond donors (Lipinski definition) is 3. The topological polar surface area (TPSA) is 112 Å². The molecule has 0 bridgehead atoms. The zero-order valence-corrected chi connectivity index (χ0v) is 12.2. The molecule has 0 amide bonds. The van der Waals surface area contributed by atoms with Gasteiger partial charge in [-0.2, -0.15) is 0 Å². The number of hydrogen-bond acceptors (Lipinski definition) is 3. The first kappa shape index (κ1) is 16.4. The predicted molar refractivity (Wildman–Crippen MR) is 74.5 cm³/mol. The van der Waals surface area contributed by atoms with Gasteiger partial charge in [0, 0.05) is 12.3 Å². The third-order valence-corrected chi connectivity index (χ3v) is 3.54. The first-order valence-electron chi connectivity index (χ1n) is 6.05. The van der Waals surface area contributed by atoms with Crippen molar-refractivity contribution in [2.45, 2.75) is 33.2 Å². The van der Waals surface area contributed by atoms with Gasteiger partial charge < -0.3 is 9.79 Å². The zero-order valence-electron chi connectivity index (χ0n) is 11.3. The van der Waals surface area contributed by atoms with E-state index >= 15 is 0 Å². The largest absolute Gasteiger partial charge is 0.359 e. The summed E-state index contributed by atoms with van der Waals surface area (Å²) in [7, 11) is -4.33. The van der Waals surface area contributed by atoms with Gasteiger partial charge in [-0.3, -0.25) is 18.9 Å². The van der Waals surface area contributed by atoms with Crippen LogP contribution in [0.4, 0.5) is 0 Å². The second-order valence-electron chi connectivity index (χ2n) is 4.38. The molecule has 1 aromatic heterocycles. The average Bonchev–Trinajstić information content (AvgIpc) is 2.31. The van der Waals surface area contributed by atoms with Crippen LogP contribution in [-0.2, 0) is 11.1 Å². The molecule has 0 unspecified atom stereocenters. The number of rotatable bonds is 5. The molecule has 8 heteroatoms. The molecule has 1 aromatic rings. The molecule has 110 valence electrons. The van der Waals surface area contributed by atoms with E-state index in [9.17, 15) is 23.9 Å². The Kier molecular flexibility index (Phi) is 5.48. The lowest BCUT2D eigenvalue weighted by molar-refractivity contribution is 0.380. The number of H-pyrrole nitrogens is 1. The highest BCUT2D eigenvalue weighted by Gasteiger charge is 2.19. The summed E-state index contributed by atoms with van der Waals surface area (Å²) in [6, 6.07) is 1.20. The number of aromatic nitrogens is 2. The normalized spacial score (nSPS) is 11.0. The molecule has 0 saturated carbocycles. The molecular formula is C12H17N2O5P. The minimum Gasteiger partial charge on any atom is -0.321 e. The van der Waals surface area contributed by atoms with E-state index < -0.39 is 18.8 Å². The van der Waals surface area contributed by atoms with Crippen LogP contribution < -0.4 is 11.2 Å². The van der Waals surface area contributed by atoms with Crippen LogP contribution in [-0.4, -0.2) is 19.3 Å². The van der Waals surface area contributed by atoms with Crippen LogP contribution >= 0.6 is 7.60 Å². The van der Waals surface area contributed by atoms with E-state index in [-0.39, 0.29) is 18.3 Å². The lowest BCUT2D eigenvalue weighted by Gasteiger charge is -2.07. The molecule has 1 heterocycles. The maximum absolute atomic E-state index is 11.5. The highest BCUT2D eigenvalue weighted by atomic mass is 31.2. The molecule has 0 aliphatic heterocycles. The van der Waals surface area contributed by atoms with E-state index in [1.807, 2.05) is 0 Å². The van der Waals surface area contributed by atoms with Gasteiger partial charge in [0.05, 0.1) is 11.9 Å². The third-order valence-electron chi connectivity index (χ3n) is 2.50. The molecule has 20 heavy (non-hydrogen) atoms. The summed E-state index contributed by atoms with van der Waals surface area (Å²) in [5.74, 6) is 0. The van der Waals surface area contributed by atoms with Crippen LogP contribution in [0.15, 0.2) is 38.5 Å². The van der Waals surface area contributed by atoms with E-state index in [1.54, 1.807) is 13.8 Å². The monoisotopic (exact) mass is 300 g/mol. The Morgan fingerprint density at radius 2 is 2.10 bits per heavy atom. The molecule has 0 saturated heterocycles. The minimum atomic E-state index is -4.33. The second-order valence-corrected chi connectivity index (χ2v) is 6.01. The van der Waals surface area contributed by atoms with Gasteiger partial charge in [0.25, 0.3) is 5.56 Å². The van der Waals surface area contributed by atoms with Gasteiger partial charge >= 0.3 is 13.3 Å². The Bertz CT molecular complexity index is 703. The van der Waals surface area contributed by atoms with E-state index in [2.05, 4.69) is 10.7 Å². The van der Waals surface area contributed by atoms with Crippen molar-refractivity contribution < 1.29 is 14.4 Å². The molecular weight excluding hydrogens is 283 g/mol. The Hall–Kier alpha value is -1.65. The lowest BCUT2D eigenvalue weighted by Crippen LogP contribution is -2.28. The van der Waals surface area contributed by atoms with E-state index in [1.165, 1.54) is 16.8 Å². The van der Waals surface area contributed by atoms with Crippen molar-refractivity contribution in [1.82, 2.24) is 9.55 Å². The third kappa shape index (κ3) is 4.79. The first-order valence-corrected chi connectivity index (χ1v) is 7.66. The minimum absolute atomic E-state index is 0.0741. The van der Waals surface area contributed by atoms with Crippen molar-refractivity contribution in [1.29, 1.82) is 0 Å². The van der Waals surface area contributed by atoms with Crippen LogP contribution in [0.1, 0.15) is 26.7 Å². The highest BCUT2D eigenvalue weighted by molar-refractivity contribution is 7.56. The fourth-order valence-electron chi connectivity index (χ4n) is 1.63. The van der Waals surface area contributed by atoms with Crippen LogP contribution in [0.2, 0.25) is 0 Å². The van der Waals surface area contributed by atoms with Crippen LogP contribution in [0, 0.1) is 0 Å². The van der Waals surface area contributed by atoms with Crippen molar-refractivity contribution in [3.63, 3.8) is 0 Å². The van der Waals surface area contributed by atoms with E-state index in [4.69, 9.17) is 0 Å². The van der Waals surface area contributed by atoms with Crippen LogP contribution in [0.5, 0.6) is 0 Å². The lowest BCUT2D eigenvalue weighted by atomic mass is 10.2. The summed E-state index contributed by atoms with van der Waals surface area (Å²) in [5, 5.41) is -0.0741. The molecule has 7 nitrogen and oxygen atoms in total. The molecule has 0 fully saturated rings. The van der Waals surface area contributed by atoms with Crippen molar-refractivity contribution in [2.75, 3.05) is 0 Å². The van der Waals surface area contributed by atoms with Crippen LogP contribution in [0.3, 0.4) is 0 Å². The summed E-state index contributed by atoms with van der Waals surface area (Å²) >= 11 is 0. The van der Waals surface area contributed by atoms with Crippen molar-refractivity contribution >= 4 is 7.60 Å². The Balaban J connectivity index is 3.18. The summed E-state index contributed by atoms with van der Waals surface area (Å²) < 4.78 is 12.5. The molecule has 0 aliphatic rings. The quantitative estimate of drug-likeness (QED) is 0.553. The summed E-state index contributed by atoms with van der Waals surface area (Å²) in [4.78, 5) is 42.9. The molecule has 3 N–H and O–H groups in total. The maximum atomic E-state index is 11.5. The smallest absolute Gasteiger partial charge is 0.321 e. The molecule has 0 radical (unpaired) electrons. The van der Waals surface area contributed by atoms with Crippen molar-refractivity contribution in [3.8, 4) is 0 Å². The van der Waals surface area contributed by atoms with Gasteiger partial charge in [-0.1, -0.05) is 13.3 Å². The molecule has 0 atom stereocenters. The van der Waals surface area contributed by atoms with Gasteiger partial charge in [0.1, 0.15) is 0 Å². The first-order chi connectivity index (χ1) is 9.24. The van der Waals surface area contributed by atoms with Crippen LogP contribution in [0.25, 0.3) is 0 Å². The van der Waals surface area contributed by atoms with Crippen molar-refractivity contribution in [3.05, 3.63) is 49.7 Å². The average molecular weight is 300 g/mol. The SMILES string of the molecule is CCCC(=C=C(C)Cn1ccc(=O)[nH]c1=O)P(=O)(O)O. The molecule has 0 aromatic carbocycles. The van der Waals surface area contributed by atoms with E-state index in [0.717, 1.165) is 0 Å². The predicted octanol–water partition coefficient (Wildman–Crippen LogP) is 0.943. The standard InChI is InChI=1S/C12H17N2O5P/c1-3-4-10(20(17,18)19)7-9(2)8-14-6-5-11(15)13-12(14)16/h5-6H,3-4,8H2,1-2H3,(H,13,15,16)(H2,17,18,19). The second kappa shape index (κ2) is 6.68. The zero-order chi connectivity index (χ0) is 15.3. The molecule has 0 aliphatic carbocycles. The number of nitrogens with one attached hydrogen (secondary N) is 1. The summed E-state index contributed by atoms with van der Waals surface area (Å²) in [6.07, 6.45) is 2.14. The molecule has 0 spiro atoms. The van der Waals surface area contributed by atoms with Gasteiger partial charge in [0.15, 0.2) is 0 Å². The fraction of sp³-hybridized carbons (Fsp3) is 0.417. The van der Waals surface area contributed by atoms with Gasteiger partial charge in [-0.15, -0.1) is 5.73 Å². The van der Waals surface area contributed by atoms with Crippen molar-refractivity contribution in [2.24, 2.45) is 0 Å². The van der Waals surface area contributed by atoms with Gasteiger partial charge in [-0.25, -0.2) is 4.79 Å². The van der Waals surface area contributed by atoms with Gasteiger partial charge in [0.2, 0.25) is 0 Å². The Morgan fingerprint density at radius 1 is 1.45 bits per heavy atom. The number of nitrogens with zero attached hydrogens (tertiary/aromatic N) is 1. The summed E-state index contributed by atoms with van der Waals surface area (Å²) in [5.41, 5.74) is 2.09. The number of aromatic amines is 1. The molecule has 1 rings (SSSR count). The maximum Gasteiger partial charge on any atom is 0.359 e.